The lowest BCUT2D eigenvalue weighted by Crippen LogP contribution is -2.49. The predicted molar refractivity (Wildman–Crippen MR) is 89.5 cm³/mol. The van der Waals surface area contributed by atoms with Crippen LogP contribution in [-0.2, 0) is 4.79 Å². The molecular weight excluding hydrogens is 344 g/mol. The third-order valence-corrected chi connectivity index (χ3v) is 3.98. The van der Waals surface area contributed by atoms with Gasteiger partial charge in [-0.25, -0.2) is 4.98 Å². The fourth-order valence-corrected chi connectivity index (χ4v) is 2.95. The van der Waals surface area contributed by atoms with Gasteiger partial charge in [0.2, 0.25) is 5.91 Å². The summed E-state index contributed by atoms with van der Waals surface area (Å²) in [5.41, 5.74) is 0.304. The molecule has 0 aromatic carbocycles. The lowest BCUT2D eigenvalue weighted by atomic mass is 9.95. The Hall–Kier alpha value is -1.61. The Morgan fingerprint density at radius 1 is 1.55 bits per heavy atom. The van der Waals surface area contributed by atoms with Crippen molar-refractivity contribution in [2.24, 2.45) is 5.92 Å². The van der Waals surface area contributed by atoms with Gasteiger partial charge in [0.1, 0.15) is 11.9 Å². The van der Waals surface area contributed by atoms with E-state index in [9.17, 15) is 10.1 Å². The summed E-state index contributed by atoms with van der Waals surface area (Å²) >= 11 is 3.33. The van der Waals surface area contributed by atoms with Crippen LogP contribution < -0.4 is 10.2 Å². The van der Waals surface area contributed by atoms with Crippen molar-refractivity contribution in [2.75, 3.05) is 18.0 Å². The summed E-state index contributed by atoms with van der Waals surface area (Å²) in [4.78, 5) is 18.8. The van der Waals surface area contributed by atoms with Crippen molar-refractivity contribution >= 4 is 27.7 Å². The van der Waals surface area contributed by atoms with Crippen molar-refractivity contribution in [1.82, 2.24) is 10.3 Å². The molecule has 0 spiro atoms. The van der Waals surface area contributed by atoms with Crippen LogP contribution in [0.15, 0.2) is 16.7 Å². The first-order valence-corrected chi connectivity index (χ1v) is 8.22. The van der Waals surface area contributed by atoms with E-state index in [1.165, 1.54) is 0 Å². The number of hydrogen-bond acceptors (Lipinski definition) is 4. The molecule has 6 heteroatoms. The first-order chi connectivity index (χ1) is 10.3. The fraction of sp³-hybridized carbons (Fsp3) is 0.562. The minimum Gasteiger partial charge on any atom is -0.355 e. The molecule has 1 amide bonds. The Labute approximate surface area is 139 Å². The van der Waals surface area contributed by atoms with Gasteiger partial charge in [0.15, 0.2) is 0 Å². The number of carbonyl (C=O) groups is 1. The van der Waals surface area contributed by atoms with E-state index < -0.39 is 0 Å². The number of nitrogens with one attached hydrogen (secondary N) is 1. The summed E-state index contributed by atoms with van der Waals surface area (Å²) in [5.74, 6) is 0.678. The molecule has 0 radical (unpaired) electrons. The van der Waals surface area contributed by atoms with Crippen molar-refractivity contribution in [3.8, 4) is 6.07 Å². The molecule has 1 N–H and O–H groups in total. The number of rotatable bonds is 2. The van der Waals surface area contributed by atoms with Crippen molar-refractivity contribution in [2.45, 2.75) is 39.2 Å². The molecule has 1 unspecified atom stereocenters. The molecule has 1 aliphatic rings. The van der Waals surface area contributed by atoms with Crippen LogP contribution in [0, 0.1) is 17.2 Å². The number of nitriles is 1. The van der Waals surface area contributed by atoms with Crippen molar-refractivity contribution < 1.29 is 4.79 Å². The largest absolute Gasteiger partial charge is 0.355 e. The van der Waals surface area contributed by atoms with E-state index in [1.807, 2.05) is 25.7 Å². The van der Waals surface area contributed by atoms with Gasteiger partial charge in [-0.2, -0.15) is 5.26 Å². The molecule has 0 saturated carbocycles. The van der Waals surface area contributed by atoms with E-state index in [0.29, 0.717) is 17.9 Å². The maximum absolute atomic E-state index is 12.4. The molecule has 1 aromatic rings. The van der Waals surface area contributed by atoms with Crippen LogP contribution in [0.2, 0.25) is 0 Å². The number of pyridine rings is 1. The first-order valence-electron chi connectivity index (χ1n) is 7.43. The Morgan fingerprint density at radius 2 is 2.27 bits per heavy atom. The Kier molecular flexibility index (Phi) is 5.07. The molecule has 0 aliphatic carbocycles. The van der Waals surface area contributed by atoms with Crippen LogP contribution in [0.1, 0.15) is 39.2 Å². The van der Waals surface area contributed by atoms with Crippen LogP contribution in [0.25, 0.3) is 0 Å². The topological polar surface area (TPSA) is 69.0 Å². The predicted octanol–water partition coefficient (Wildman–Crippen LogP) is 2.85. The summed E-state index contributed by atoms with van der Waals surface area (Å²) in [5, 5.41) is 12.3. The number of aromatic nitrogens is 1. The standard InChI is InChI=1S/C16H21BrN4O/c1-16(2,3)20-15(22)11-5-4-6-21(10-11)14-12(8-18)7-13(17)9-19-14/h7,9,11H,4-6,10H2,1-3H3,(H,20,22). The number of carbonyl (C=O) groups excluding carboxylic acids is 1. The SMILES string of the molecule is CC(C)(C)NC(=O)C1CCCN(c2ncc(Br)cc2C#N)C1. The minimum absolute atomic E-state index is 0.0648. The maximum atomic E-state index is 12.4. The van der Waals surface area contributed by atoms with Crippen LogP contribution in [-0.4, -0.2) is 29.5 Å². The maximum Gasteiger partial charge on any atom is 0.225 e. The molecule has 1 atom stereocenters. The average Bonchev–Trinajstić information content (AvgIpc) is 2.45. The lowest BCUT2D eigenvalue weighted by molar-refractivity contribution is -0.126. The van der Waals surface area contributed by atoms with E-state index in [1.54, 1.807) is 12.3 Å². The summed E-state index contributed by atoms with van der Waals surface area (Å²) in [6.07, 6.45) is 3.48. The number of nitrogens with zero attached hydrogens (tertiary/aromatic N) is 3. The van der Waals surface area contributed by atoms with Crippen LogP contribution in [0.5, 0.6) is 0 Å². The second kappa shape index (κ2) is 6.66. The van der Waals surface area contributed by atoms with Gasteiger partial charge in [0, 0.05) is 29.3 Å². The Bertz CT molecular complexity index is 603. The van der Waals surface area contributed by atoms with Gasteiger partial charge in [-0.05, 0) is 55.6 Å². The van der Waals surface area contributed by atoms with Crippen molar-refractivity contribution in [3.63, 3.8) is 0 Å². The molecule has 5 nitrogen and oxygen atoms in total. The highest BCUT2D eigenvalue weighted by atomic mass is 79.9. The number of piperidine rings is 1. The Balaban J connectivity index is 2.14. The number of halogens is 1. The van der Waals surface area contributed by atoms with Gasteiger partial charge in [-0.15, -0.1) is 0 Å². The zero-order chi connectivity index (χ0) is 16.3. The van der Waals surface area contributed by atoms with Gasteiger partial charge in [-0.3, -0.25) is 4.79 Å². The highest BCUT2D eigenvalue weighted by Gasteiger charge is 2.29. The second-order valence-electron chi connectivity index (χ2n) is 6.66. The Morgan fingerprint density at radius 3 is 2.91 bits per heavy atom. The third kappa shape index (κ3) is 4.20. The molecule has 1 saturated heterocycles. The van der Waals surface area contributed by atoms with E-state index in [0.717, 1.165) is 23.9 Å². The fourth-order valence-electron chi connectivity index (χ4n) is 2.62. The van der Waals surface area contributed by atoms with Gasteiger partial charge in [0.05, 0.1) is 11.5 Å². The smallest absolute Gasteiger partial charge is 0.225 e. The normalized spacial score (nSPS) is 18.7. The molecule has 22 heavy (non-hydrogen) atoms. The molecule has 118 valence electrons. The molecule has 1 fully saturated rings. The van der Waals surface area contributed by atoms with Crippen molar-refractivity contribution in [3.05, 3.63) is 22.3 Å². The second-order valence-corrected chi connectivity index (χ2v) is 7.58. The molecule has 2 heterocycles. The monoisotopic (exact) mass is 364 g/mol. The highest BCUT2D eigenvalue weighted by Crippen LogP contribution is 2.26. The molecular formula is C16H21BrN4O. The average molecular weight is 365 g/mol. The summed E-state index contributed by atoms with van der Waals surface area (Å²) < 4.78 is 0.784. The van der Waals surface area contributed by atoms with Gasteiger partial charge < -0.3 is 10.2 Å². The summed E-state index contributed by atoms with van der Waals surface area (Å²) in [6, 6.07) is 3.95. The number of amides is 1. The number of anilines is 1. The van der Waals surface area contributed by atoms with Crippen LogP contribution in [0.3, 0.4) is 0 Å². The number of hydrogen-bond donors (Lipinski definition) is 1. The van der Waals surface area contributed by atoms with Crippen LogP contribution >= 0.6 is 15.9 Å². The summed E-state index contributed by atoms with van der Waals surface area (Å²) in [7, 11) is 0. The van der Waals surface area contributed by atoms with E-state index in [4.69, 9.17) is 0 Å². The highest BCUT2D eigenvalue weighted by molar-refractivity contribution is 9.10. The van der Waals surface area contributed by atoms with Crippen LogP contribution in [0.4, 0.5) is 5.82 Å². The quantitative estimate of drug-likeness (QED) is 0.875. The van der Waals surface area contributed by atoms with Crippen molar-refractivity contribution in [1.29, 1.82) is 5.26 Å². The third-order valence-electron chi connectivity index (χ3n) is 3.54. The minimum atomic E-state index is -0.229. The molecule has 0 bridgehead atoms. The van der Waals surface area contributed by atoms with E-state index in [-0.39, 0.29) is 17.4 Å². The van der Waals surface area contributed by atoms with Gasteiger partial charge in [-0.1, -0.05) is 0 Å². The molecule has 1 aromatic heterocycles. The lowest BCUT2D eigenvalue weighted by Gasteiger charge is -2.34. The molecule has 1 aliphatic heterocycles. The molecule has 2 rings (SSSR count). The van der Waals surface area contributed by atoms with Gasteiger partial charge >= 0.3 is 0 Å². The zero-order valence-corrected chi connectivity index (χ0v) is 14.8. The van der Waals surface area contributed by atoms with E-state index >= 15 is 0 Å². The van der Waals surface area contributed by atoms with E-state index in [2.05, 4.69) is 32.3 Å². The first kappa shape index (κ1) is 16.8. The van der Waals surface area contributed by atoms with Gasteiger partial charge in [0.25, 0.3) is 0 Å². The summed E-state index contributed by atoms with van der Waals surface area (Å²) in [6.45, 7) is 7.37. The zero-order valence-electron chi connectivity index (χ0n) is 13.2.